The van der Waals surface area contributed by atoms with Crippen LogP contribution in [0.3, 0.4) is 0 Å². The third-order valence-electron chi connectivity index (χ3n) is 5.00. The monoisotopic (exact) mass is 553 g/mol. The van der Waals surface area contributed by atoms with Crippen LogP contribution in [0.4, 0.5) is 4.79 Å². The number of carbonyl (C=O) groups excluding carboxylic acids is 4. The number of rotatable bonds is 17. The predicted molar refractivity (Wildman–Crippen MR) is 141 cm³/mol. The van der Waals surface area contributed by atoms with Crippen LogP contribution >= 0.6 is 0 Å². The lowest BCUT2D eigenvalue weighted by Crippen LogP contribution is -2.39. The number of nitrogens with one attached hydrogen (secondary N) is 1. The molecule has 11 nitrogen and oxygen atoms in total. The standard InChI is InChI=1S/C26H39NO10Si/c1-7-35-38(6,36-8-2)17-11-14-27-26(31)37-20(5)18-34-25(30)22-13-10-9-12-21(22)24(29)33-16-15-32-23(28)19(3)4/h9-10,12-13,20H,3,7-8,11,14-18H2,1-2,4-6H3,(H,27,31). The maximum absolute atomic E-state index is 12.6. The molecule has 1 unspecified atom stereocenters. The fourth-order valence-electron chi connectivity index (χ4n) is 3.23. The van der Waals surface area contributed by atoms with E-state index in [1.54, 1.807) is 19.1 Å². The second-order valence-electron chi connectivity index (χ2n) is 8.44. The average molecular weight is 554 g/mol. The Morgan fingerprint density at radius 2 is 1.50 bits per heavy atom. The molecule has 1 N–H and O–H groups in total. The summed E-state index contributed by atoms with van der Waals surface area (Å²) in [5, 5.41) is 2.66. The number of benzene rings is 1. The van der Waals surface area contributed by atoms with Crippen molar-refractivity contribution in [2.24, 2.45) is 0 Å². The van der Waals surface area contributed by atoms with Gasteiger partial charge in [0.25, 0.3) is 0 Å². The molecule has 212 valence electrons. The van der Waals surface area contributed by atoms with Gasteiger partial charge in [0.1, 0.15) is 25.9 Å². The number of carbonyl (C=O) groups is 4. The van der Waals surface area contributed by atoms with E-state index in [9.17, 15) is 19.2 Å². The Balaban J connectivity index is 2.47. The average Bonchev–Trinajstić information content (AvgIpc) is 2.87. The van der Waals surface area contributed by atoms with Gasteiger partial charge in [-0.25, -0.2) is 19.2 Å². The van der Waals surface area contributed by atoms with Crippen molar-refractivity contribution >= 4 is 32.6 Å². The van der Waals surface area contributed by atoms with Gasteiger partial charge in [-0.1, -0.05) is 18.7 Å². The molecule has 1 aromatic rings. The van der Waals surface area contributed by atoms with Crippen molar-refractivity contribution in [1.82, 2.24) is 5.32 Å². The summed E-state index contributed by atoms with van der Waals surface area (Å²) >= 11 is 0. The highest BCUT2D eigenvalue weighted by atomic mass is 28.4. The maximum atomic E-state index is 12.6. The number of amides is 1. The van der Waals surface area contributed by atoms with Gasteiger partial charge in [-0.2, -0.15) is 0 Å². The Labute approximate surface area is 225 Å². The van der Waals surface area contributed by atoms with Crippen LogP contribution in [0.25, 0.3) is 0 Å². The summed E-state index contributed by atoms with van der Waals surface area (Å²) in [5.41, 5.74) is 0.206. The minimum atomic E-state index is -2.25. The molecule has 0 spiro atoms. The Kier molecular flexibility index (Phi) is 14.9. The van der Waals surface area contributed by atoms with Crippen molar-refractivity contribution in [3.05, 3.63) is 47.5 Å². The Bertz CT molecular complexity index is 946. The zero-order valence-corrected chi connectivity index (χ0v) is 23.8. The molecule has 0 heterocycles. The smallest absolute Gasteiger partial charge is 0.407 e. The first-order valence-electron chi connectivity index (χ1n) is 12.5. The lowest BCUT2D eigenvalue weighted by molar-refractivity contribution is -0.140. The summed E-state index contributed by atoms with van der Waals surface area (Å²) in [6, 6.07) is 6.69. The molecule has 0 aliphatic rings. The van der Waals surface area contributed by atoms with Crippen LogP contribution in [-0.4, -0.2) is 78.2 Å². The molecule has 0 saturated heterocycles. The summed E-state index contributed by atoms with van der Waals surface area (Å²) in [7, 11) is -2.25. The first kappa shape index (κ1) is 32.8. The molecule has 0 bridgehead atoms. The summed E-state index contributed by atoms with van der Waals surface area (Å²) in [5.74, 6) is -2.15. The SMILES string of the molecule is C=C(C)C(=O)OCCOC(=O)c1ccccc1C(=O)OCC(C)OC(=O)NCCC[Si](C)(OCC)OCC. The van der Waals surface area contributed by atoms with Crippen LogP contribution in [0.1, 0.15) is 54.8 Å². The van der Waals surface area contributed by atoms with E-state index in [2.05, 4.69) is 11.9 Å². The fraction of sp³-hybridized carbons (Fsp3) is 0.538. The molecule has 1 rings (SSSR count). The first-order chi connectivity index (χ1) is 18.0. The summed E-state index contributed by atoms with van der Waals surface area (Å²) in [6.45, 7) is 13.3. The van der Waals surface area contributed by atoms with Gasteiger partial charge in [0.05, 0.1) is 11.1 Å². The van der Waals surface area contributed by atoms with Crippen LogP contribution in [0, 0.1) is 0 Å². The van der Waals surface area contributed by atoms with Gasteiger partial charge in [0, 0.05) is 25.3 Å². The molecular formula is C26H39NO10Si. The van der Waals surface area contributed by atoms with E-state index in [1.807, 2.05) is 20.4 Å². The quantitative estimate of drug-likeness (QED) is 0.0998. The normalized spacial score (nSPS) is 11.7. The first-order valence-corrected chi connectivity index (χ1v) is 15.0. The van der Waals surface area contributed by atoms with E-state index < -0.39 is 38.7 Å². The second-order valence-corrected chi connectivity index (χ2v) is 11.8. The molecule has 38 heavy (non-hydrogen) atoms. The van der Waals surface area contributed by atoms with Crippen molar-refractivity contribution in [2.75, 3.05) is 39.6 Å². The second kappa shape index (κ2) is 17.3. The van der Waals surface area contributed by atoms with Crippen molar-refractivity contribution in [3.8, 4) is 0 Å². The minimum Gasteiger partial charge on any atom is -0.459 e. The van der Waals surface area contributed by atoms with Crippen LogP contribution in [0.2, 0.25) is 12.6 Å². The molecule has 0 aliphatic carbocycles. The lowest BCUT2D eigenvalue weighted by atomic mass is 10.1. The third-order valence-corrected chi connectivity index (χ3v) is 8.06. The van der Waals surface area contributed by atoms with Gasteiger partial charge < -0.3 is 33.1 Å². The molecule has 12 heteroatoms. The van der Waals surface area contributed by atoms with Crippen molar-refractivity contribution in [2.45, 2.75) is 52.8 Å². The number of ether oxygens (including phenoxy) is 4. The van der Waals surface area contributed by atoms with Gasteiger partial charge >= 0.3 is 32.6 Å². The minimum absolute atomic E-state index is 0.00954. The fourth-order valence-corrected chi connectivity index (χ4v) is 5.65. The summed E-state index contributed by atoms with van der Waals surface area (Å²) in [4.78, 5) is 48.4. The predicted octanol–water partition coefficient (Wildman–Crippen LogP) is 3.77. The largest absolute Gasteiger partial charge is 0.459 e. The van der Waals surface area contributed by atoms with E-state index in [0.29, 0.717) is 26.2 Å². The van der Waals surface area contributed by atoms with Gasteiger partial charge in [-0.05, 0) is 58.8 Å². The molecule has 0 fully saturated rings. The van der Waals surface area contributed by atoms with Crippen LogP contribution in [-0.2, 0) is 32.6 Å². The molecule has 0 aromatic heterocycles. The van der Waals surface area contributed by atoms with E-state index >= 15 is 0 Å². The highest BCUT2D eigenvalue weighted by Crippen LogP contribution is 2.16. The van der Waals surface area contributed by atoms with Crippen LogP contribution < -0.4 is 5.32 Å². The number of esters is 3. The van der Waals surface area contributed by atoms with Crippen LogP contribution in [0.15, 0.2) is 36.4 Å². The number of hydrogen-bond acceptors (Lipinski definition) is 10. The van der Waals surface area contributed by atoms with Gasteiger partial charge in [-0.15, -0.1) is 0 Å². The maximum Gasteiger partial charge on any atom is 0.407 e. The highest BCUT2D eigenvalue weighted by molar-refractivity contribution is 6.66. The zero-order valence-electron chi connectivity index (χ0n) is 22.8. The van der Waals surface area contributed by atoms with Crippen molar-refractivity contribution in [3.63, 3.8) is 0 Å². The topological polar surface area (TPSA) is 136 Å². The molecule has 0 radical (unpaired) electrons. The van der Waals surface area contributed by atoms with Crippen molar-refractivity contribution < 1.29 is 47.0 Å². The van der Waals surface area contributed by atoms with Gasteiger partial charge in [-0.3, -0.25) is 0 Å². The molecule has 1 atom stereocenters. The van der Waals surface area contributed by atoms with E-state index in [1.165, 1.54) is 19.1 Å². The number of hydrogen-bond donors (Lipinski definition) is 1. The molecular weight excluding hydrogens is 514 g/mol. The van der Waals surface area contributed by atoms with E-state index in [0.717, 1.165) is 6.04 Å². The molecule has 0 saturated carbocycles. The third kappa shape index (κ3) is 12.3. The highest BCUT2D eigenvalue weighted by Gasteiger charge is 2.30. The van der Waals surface area contributed by atoms with E-state index in [4.69, 9.17) is 27.8 Å². The Hall–Kier alpha value is -3.22. The molecule has 1 aromatic carbocycles. The van der Waals surface area contributed by atoms with Gasteiger partial charge in [0.2, 0.25) is 0 Å². The van der Waals surface area contributed by atoms with Crippen molar-refractivity contribution in [1.29, 1.82) is 0 Å². The number of alkyl carbamates (subject to hydrolysis) is 1. The Morgan fingerprint density at radius 3 is 2.05 bits per heavy atom. The molecule has 1 amide bonds. The molecule has 0 aliphatic heterocycles. The summed E-state index contributed by atoms with van der Waals surface area (Å²) in [6.07, 6.45) is -0.696. The van der Waals surface area contributed by atoms with E-state index in [-0.39, 0.29) is 36.5 Å². The zero-order chi connectivity index (χ0) is 28.6. The Morgan fingerprint density at radius 1 is 0.947 bits per heavy atom. The van der Waals surface area contributed by atoms with Gasteiger partial charge in [0.15, 0.2) is 0 Å². The summed E-state index contributed by atoms with van der Waals surface area (Å²) < 4.78 is 31.9. The van der Waals surface area contributed by atoms with Crippen LogP contribution in [0.5, 0.6) is 0 Å². The lowest BCUT2D eigenvalue weighted by Gasteiger charge is -2.25.